The number of aromatic nitrogens is 1. The van der Waals surface area contributed by atoms with Gasteiger partial charge in [0.1, 0.15) is 11.5 Å². The van der Waals surface area contributed by atoms with Crippen molar-refractivity contribution in [3.05, 3.63) is 53.2 Å². The molecule has 0 bridgehead atoms. The lowest BCUT2D eigenvalue weighted by Gasteiger charge is -2.28. The van der Waals surface area contributed by atoms with Gasteiger partial charge in [-0.25, -0.2) is 0 Å². The Balaban J connectivity index is 2.13. The van der Waals surface area contributed by atoms with Crippen LogP contribution in [0.15, 0.2) is 34.9 Å². The topological polar surface area (TPSA) is 75.4 Å². The summed E-state index contributed by atoms with van der Waals surface area (Å²) in [5.41, 5.74) is -2.05. The van der Waals surface area contributed by atoms with Crippen LogP contribution in [0, 0.1) is 13.8 Å². The number of nitrogens with zero attached hydrogens (tertiary/aromatic N) is 1. The number of hydrogen-bond donors (Lipinski definition) is 2. The van der Waals surface area contributed by atoms with Crippen molar-refractivity contribution in [2.24, 2.45) is 0 Å². The normalized spacial score (nSPS) is 14.2. The zero-order valence-corrected chi connectivity index (χ0v) is 13.1. The van der Waals surface area contributed by atoms with E-state index < -0.39 is 29.9 Å². The van der Waals surface area contributed by atoms with Crippen molar-refractivity contribution in [1.82, 2.24) is 10.3 Å². The molecule has 2 aromatic heterocycles. The van der Waals surface area contributed by atoms with Crippen LogP contribution in [0.25, 0.3) is 0 Å². The zero-order chi connectivity index (χ0) is 18.0. The lowest BCUT2D eigenvalue weighted by Crippen LogP contribution is -2.46. The first kappa shape index (κ1) is 18.0. The molecule has 2 N–H and O–H groups in total. The Morgan fingerprint density at radius 3 is 2.54 bits per heavy atom. The molecule has 0 spiro atoms. The standard InChI is InChI=1S/C16H17F3N2O3/c1-10-4-3-7-20-12(10)9-21-14(22)8-15(23,16(17,18)19)13-6-5-11(2)24-13/h3-7,23H,8-9H2,1-2H3,(H,21,22). The maximum absolute atomic E-state index is 13.3. The first-order valence-electron chi connectivity index (χ1n) is 7.16. The SMILES string of the molecule is Cc1ccc(C(O)(CC(=O)NCc2ncccc2C)C(F)(F)F)o1. The number of pyridine rings is 1. The van der Waals surface area contributed by atoms with Gasteiger partial charge in [0, 0.05) is 6.20 Å². The monoisotopic (exact) mass is 342 g/mol. The van der Waals surface area contributed by atoms with Crippen LogP contribution in [0.2, 0.25) is 0 Å². The molecular formula is C16H17F3N2O3. The van der Waals surface area contributed by atoms with E-state index in [9.17, 15) is 23.1 Å². The van der Waals surface area contributed by atoms with Crippen molar-refractivity contribution in [1.29, 1.82) is 0 Å². The zero-order valence-electron chi connectivity index (χ0n) is 13.1. The van der Waals surface area contributed by atoms with Crippen LogP contribution in [0.3, 0.4) is 0 Å². The smallest absolute Gasteiger partial charge is 0.425 e. The van der Waals surface area contributed by atoms with Crippen molar-refractivity contribution >= 4 is 5.91 Å². The maximum Gasteiger partial charge on any atom is 0.425 e. The molecule has 8 heteroatoms. The molecule has 0 aliphatic carbocycles. The van der Waals surface area contributed by atoms with Gasteiger partial charge in [0.2, 0.25) is 11.5 Å². The van der Waals surface area contributed by atoms with Gasteiger partial charge < -0.3 is 14.8 Å². The Bertz CT molecular complexity index is 727. The van der Waals surface area contributed by atoms with Crippen LogP contribution < -0.4 is 5.32 Å². The highest BCUT2D eigenvalue weighted by Crippen LogP contribution is 2.42. The third kappa shape index (κ3) is 3.76. The summed E-state index contributed by atoms with van der Waals surface area (Å²) in [7, 11) is 0. The summed E-state index contributed by atoms with van der Waals surface area (Å²) in [6, 6.07) is 5.79. The number of aliphatic hydroxyl groups is 1. The van der Waals surface area contributed by atoms with Crippen molar-refractivity contribution in [2.45, 2.75) is 38.6 Å². The molecule has 0 fully saturated rings. The number of furan rings is 1. The Morgan fingerprint density at radius 1 is 1.29 bits per heavy atom. The molecule has 5 nitrogen and oxygen atoms in total. The van der Waals surface area contributed by atoms with Gasteiger partial charge in [-0.1, -0.05) is 6.07 Å². The number of rotatable bonds is 5. The number of amides is 1. The molecule has 0 aromatic carbocycles. The largest absolute Gasteiger partial charge is 0.463 e. The van der Waals surface area contributed by atoms with Crippen molar-refractivity contribution in [3.63, 3.8) is 0 Å². The van der Waals surface area contributed by atoms with Gasteiger partial charge in [-0.3, -0.25) is 9.78 Å². The van der Waals surface area contributed by atoms with Crippen LogP contribution in [-0.2, 0) is 16.9 Å². The first-order chi connectivity index (χ1) is 11.1. The average Bonchev–Trinajstić information content (AvgIpc) is 2.92. The number of aryl methyl sites for hydroxylation is 2. The minimum absolute atomic E-state index is 0.0311. The van der Waals surface area contributed by atoms with Gasteiger partial charge in [-0.2, -0.15) is 13.2 Å². The minimum Gasteiger partial charge on any atom is -0.463 e. The molecule has 24 heavy (non-hydrogen) atoms. The number of hydrogen-bond acceptors (Lipinski definition) is 4. The van der Waals surface area contributed by atoms with E-state index in [2.05, 4.69) is 10.3 Å². The van der Waals surface area contributed by atoms with Crippen LogP contribution in [-0.4, -0.2) is 22.2 Å². The van der Waals surface area contributed by atoms with E-state index in [1.54, 1.807) is 19.1 Å². The molecule has 0 radical (unpaired) electrons. The van der Waals surface area contributed by atoms with Crippen molar-refractivity contribution in [3.8, 4) is 0 Å². The summed E-state index contributed by atoms with van der Waals surface area (Å²) in [6.07, 6.45) is -4.74. The lowest BCUT2D eigenvalue weighted by atomic mass is 9.95. The summed E-state index contributed by atoms with van der Waals surface area (Å²) >= 11 is 0. The molecule has 0 saturated carbocycles. The van der Waals surface area contributed by atoms with Crippen LogP contribution in [0.5, 0.6) is 0 Å². The fraction of sp³-hybridized carbons (Fsp3) is 0.375. The highest BCUT2D eigenvalue weighted by molar-refractivity contribution is 5.77. The van der Waals surface area contributed by atoms with Gasteiger partial charge in [-0.05, 0) is 37.6 Å². The maximum atomic E-state index is 13.3. The molecular weight excluding hydrogens is 325 g/mol. The van der Waals surface area contributed by atoms with E-state index in [-0.39, 0.29) is 12.3 Å². The van der Waals surface area contributed by atoms with E-state index in [1.807, 2.05) is 0 Å². The number of carbonyl (C=O) groups excluding carboxylic acids is 1. The second-order valence-electron chi connectivity index (χ2n) is 5.49. The molecule has 0 aliphatic heterocycles. The molecule has 0 saturated heterocycles. The summed E-state index contributed by atoms with van der Waals surface area (Å²) in [4.78, 5) is 16.0. The molecule has 1 unspecified atom stereocenters. The molecule has 2 aromatic rings. The van der Waals surface area contributed by atoms with Gasteiger partial charge in [0.15, 0.2) is 0 Å². The van der Waals surface area contributed by atoms with Crippen molar-refractivity contribution in [2.75, 3.05) is 0 Å². The lowest BCUT2D eigenvalue weighted by molar-refractivity contribution is -0.273. The summed E-state index contributed by atoms with van der Waals surface area (Å²) in [5, 5.41) is 12.4. The number of halogens is 3. The predicted octanol–water partition coefficient (Wildman–Crippen LogP) is 2.75. The van der Waals surface area contributed by atoms with Crippen molar-refractivity contribution < 1.29 is 27.5 Å². The molecule has 2 heterocycles. The van der Waals surface area contributed by atoms with Gasteiger partial charge in [-0.15, -0.1) is 0 Å². The Labute approximate surface area is 136 Å². The molecule has 130 valence electrons. The molecule has 1 atom stereocenters. The van der Waals surface area contributed by atoms with E-state index in [0.717, 1.165) is 11.6 Å². The highest BCUT2D eigenvalue weighted by atomic mass is 19.4. The molecule has 1 amide bonds. The quantitative estimate of drug-likeness (QED) is 0.876. The van der Waals surface area contributed by atoms with E-state index in [0.29, 0.717) is 5.69 Å². The first-order valence-corrected chi connectivity index (χ1v) is 7.16. The molecule has 0 aliphatic rings. The second kappa shape index (κ2) is 6.64. The van der Waals surface area contributed by atoms with Gasteiger partial charge in [0.25, 0.3) is 0 Å². The van der Waals surface area contributed by atoms with Crippen LogP contribution in [0.1, 0.15) is 29.2 Å². The Hall–Kier alpha value is -2.35. The number of alkyl halides is 3. The third-order valence-corrected chi connectivity index (χ3v) is 3.60. The van der Waals surface area contributed by atoms with E-state index in [4.69, 9.17) is 4.42 Å². The van der Waals surface area contributed by atoms with Crippen LogP contribution >= 0.6 is 0 Å². The van der Waals surface area contributed by atoms with E-state index in [1.165, 1.54) is 19.2 Å². The second-order valence-corrected chi connectivity index (χ2v) is 5.49. The Kier molecular flexibility index (Phi) is 4.98. The van der Waals surface area contributed by atoms with E-state index >= 15 is 0 Å². The minimum atomic E-state index is -5.06. The summed E-state index contributed by atoms with van der Waals surface area (Å²) in [5.74, 6) is -1.47. The van der Waals surface area contributed by atoms with Gasteiger partial charge in [0.05, 0.1) is 18.7 Å². The number of nitrogens with one attached hydrogen (secondary N) is 1. The predicted molar refractivity (Wildman–Crippen MR) is 78.8 cm³/mol. The fourth-order valence-corrected chi connectivity index (χ4v) is 2.16. The molecule has 2 rings (SSSR count). The van der Waals surface area contributed by atoms with Gasteiger partial charge >= 0.3 is 6.18 Å². The summed E-state index contributed by atoms with van der Waals surface area (Å²) in [6.45, 7) is 3.19. The highest BCUT2D eigenvalue weighted by Gasteiger charge is 2.58. The van der Waals surface area contributed by atoms with Crippen LogP contribution in [0.4, 0.5) is 13.2 Å². The third-order valence-electron chi connectivity index (χ3n) is 3.60. The number of carbonyl (C=O) groups is 1. The fourth-order valence-electron chi connectivity index (χ4n) is 2.16. The Morgan fingerprint density at radius 2 is 2.00 bits per heavy atom. The average molecular weight is 342 g/mol. The summed E-state index contributed by atoms with van der Waals surface area (Å²) < 4.78 is 44.7.